The summed E-state index contributed by atoms with van der Waals surface area (Å²) in [5.41, 5.74) is 7.51. The van der Waals surface area contributed by atoms with Crippen LogP contribution in [0, 0.1) is 5.82 Å². The highest BCUT2D eigenvalue weighted by atomic mass is 35.5. The molecule has 2 aromatic rings. The summed E-state index contributed by atoms with van der Waals surface area (Å²) in [5, 5.41) is 0.557. The first kappa shape index (κ1) is 15.8. The minimum atomic E-state index is -0.201. The van der Waals surface area contributed by atoms with Gasteiger partial charge in [-0.1, -0.05) is 35.9 Å². The van der Waals surface area contributed by atoms with Gasteiger partial charge in [0, 0.05) is 5.92 Å². The third-order valence-electron chi connectivity index (χ3n) is 3.44. The Morgan fingerprint density at radius 2 is 2.00 bits per heavy atom. The Labute approximate surface area is 129 Å². The molecule has 0 heterocycles. The Morgan fingerprint density at radius 1 is 1.24 bits per heavy atom. The third kappa shape index (κ3) is 3.96. The predicted octanol–water partition coefficient (Wildman–Crippen LogP) is 4.16. The van der Waals surface area contributed by atoms with Crippen molar-refractivity contribution in [2.24, 2.45) is 5.73 Å². The van der Waals surface area contributed by atoms with Crippen LogP contribution in [0.4, 0.5) is 4.39 Å². The molecule has 21 heavy (non-hydrogen) atoms. The van der Waals surface area contributed by atoms with E-state index >= 15 is 0 Å². The van der Waals surface area contributed by atoms with Gasteiger partial charge in [0.1, 0.15) is 11.6 Å². The summed E-state index contributed by atoms with van der Waals surface area (Å²) in [5.74, 6) is 0.479. The highest BCUT2D eigenvalue weighted by Gasteiger charge is 2.15. The summed E-state index contributed by atoms with van der Waals surface area (Å²) in [4.78, 5) is 0. The van der Waals surface area contributed by atoms with E-state index in [1.807, 2.05) is 31.2 Å². The number of hydrogen-bond acceptors (Lipinski definition) is 2. The van der Waals surface area contributed by atoms with Crippen LogP contribution in [0.3, 0.4) is 0 Å². The van der Waals surface area contributed by atoms with Crippen LogP contribution < -0.4 is 10.5 Å². The molecule has 2 rings (SSSR count). The molecule has 0 amide bonds. The molecule has 0 aliphatic heterocycles. The summed E-state index contributed by atoms with van der Waals surface area (Å²) < 4.78 is 19.2. The van der Waals surface area contributed by atoms with Crippen LogP contribution in [-0.4, -0.2) is 13.2 Å². The zero-order valence-corrected chi connectivity index (χ0v) is 12.7. The molecule has 0 saturated carbocycles. The van der Waals surface area contributed by atoms with Gasteiger partial charge >= 0.3 is 0 Å². The van der Waals surface area contributed by atoms with Crippen molar-refractivity contribution in [2.45, 2.75) is 19.3 Å². The van der Waals surface area contributed by atoms with E-state index in [1.54, 1.807) is 12.1 Å². The molecule has 0 spiro atoms. The van der Waals surface area contributed by atoms with Crippen LogP contribution in [0.5, 0.6) is 5.75 Å². The summed E-state index contributed by atoms with van der Waals surface area (Å²) >= 11 is 6.20. The van der Waals surface area contributed by atoms with E-state index in [0.29, 0.717) is 35.9 Å². The fourth-order valence-corrected chi connectivity index (χ4v) is 2.55. The quantitative estimate of drug-likeness (QED) is 0.869. The van der Waals surface area contributed by atoms with Gasteiger partial charge in [0.25, 0.3) is 0 Å². The average Bonchev–Trinajstić information content (AvgIpc) is 2.49. The van der Waals surface area contributed by atoms with Crippen molar-refractivity contribution in [1.82, 2.24) is 0 Å². The fourth-order valence-electron chi connectivity index (χ4n) is 2.31. The monoisotopic (exact) mass is 307 g/mol. The smallest absolute Gasteiger partial charge is 0.137 e. The van der Waals surface area contributed by atoms with Crippen molar-refractivity contribution < 1.29 is 9.13 Å². The largest absolute Gasteiger partial charge is 0.492 e. The SMILES string of the molecule is CCOc1ccc(C(CN)Cc2ccccc2F)cc1Cl. The molecule has 0 aliphatic carbocycles. The minimum Gasteiger partial charge on any atom is -0.492 e. The molecular formula is C17H19ClFNO. The number of nitrogens with two attached hydrogens (primary N) is 1. The standard InChI is InChI=1S/C17H19ClFNO/c1-2-21-17-8-7-12(10-15(17)18)14(11-20)9-13-5-3-4-6-16(13)19/h3-8,10,14H,2,9,11,20H2,1H3. The Morgan fingerprint density at radius 3 is 2.62 bits per heavy atom. The molecule has 112 valence electrons. The zero-order valence-electron chi connectivity index (χ0n) is 12.0. The maximum absolute atomic E-state index is 13.8. The first-order valence-corrected chi connectivity index (χ1v) is 7.39. The molecule has 1 unspecified atom stereocenters. The van der Waals surface area contributed by atoms with Crippen LogP contribution >= 0.6 is 11.6 Å². The predicted molar refractivity (Wildman–Crippen MR) is 84.5 cm³/mol. The highest BCUT2D eigenvalue weighted by Crippen LogP contribution is 2.30. The van der Waals surface area contributed by atoms with Crippen molar-refractivity contribution in [3.63, 3.8) is 0 Å². The number of rotatable bonds is 6. The van der Waals surface area contributed by atoms with Gasteiger partial charge in [-0.15, -0.1) is 0 Å². The second-order valence-electron chi connectivity index (χ2n) is 4.85. The molecule has 0 bridgehead atoms. The van der Waals surface area contributed by atoms with E-state index < -0.39 is 0 Å². The van der Waals surface area contributed by atoms with Gasteiger partial charge in [0.05, 0.1) is 11.6 Å². The normalized spacial score (nSPS) is 12.2. The van der Waals surface area contributed by atoms with E-state index in [0.717, 1.165) is 5.56 Å². The average molecular weight is 308 g/mol. The van der Waals surface area contributed by atoms with Crippen LogP contribution in [0.25, 0.3) is 0 Å². The van der Waals surface area contributed by atoms with Crippen molar-refractivity contribution in [1.29, 1.82) is 0 Å². The minimum absolute atomic E-state index is 0.0232. The van der Waals surface area contributed by atoms with E-state index in [-0.39, 0.29) is 11.7 Å². The summed E-state index contributed by atoms with van der Waals surface area (Å²) in [6.45, 7) is 2.90. The van der Waals surface area contributed by atoms with Gasteiger partial charge < -0.3 is 10.5 Å². The Kier molecular flexibility index (Phi) is 5.59. The second-order valence-corrected chi connectivity index (χ2v) is 5.26. The van der Waals surface area contributed by atoms with Gasteiger partial charge in [-0.05, 0) is 49.2 Å². The van der Waals surface area contributed by atoms with E-state index in [1.165, 1.54) is 6.07 Å². The number of benzene rings is 2. The first-order chi connectivity index (χ1) is 10.2. The van der Waals surface area contributed by atoms with Gasteiger partial charge in [-0.3, -0.25) is 0 Å². The Balaban J connectivity index is 2.21. The fraction of sp³-hybridized carbons (Fsp3) is 0.294. The number of ether oxygens (including phenoxy) is 1. The molecular weight excluding hydrogens is 289 g/mol. The topological polar surface area (TPSA) is 35.2 Å². The van der Waals surface area contributed by atoms with Crippen molar-refractivity contribution in [3.05, 3.63) is 64.4 Å². The lowest BCUT2D eigenvalue weighted by Crippen LogP contribution is -2.15. The van der Waals surface area contributed by atoms with Crippen LogP contribution in [0.15, 0.2) is 42.5 Å². The van der Waals surface area contributed by atoms with Crippen LogP contribution in [-0.2, 0) is 6.42 Å². The molecule has 2 nitrogen and oxygen atoms in total. The van der Waals surface area contributed by atoms with Crippen molar-refractivity contribution >= 4 is 11.6 Å². The lowest BCUT2D eigenvalue weighted by atomic mass is 9.92. The van der Waals surface area contributed by atoms with Gasteiger partial charge in [0.15, 0.2) is 0 Å². The first-order valence-electron chi connectivity index (χ1n) is 7.01. The van der Waals surface area contributed by atoms with E-state index in [4.69, 9.17) is 22.1 Å². The van der Waals surface area contributed by atoms with Gasteiger partial charge in [-0.25, -0.2) is 4.39 Å². The lowest BCUT2D eigenvalue weighted by Gasteiger charge is -2.17. The zero-order chi connectivity index (χ0) is 15.2. The molecule has 1 atom stereocenters. The van der Waals surface area contributed by atoms with Crippen LogP contribution in [0.2, 0.25) is 5.02 Å². The second kappa shape index (κ2) is 7.43. The molecule has 0 aromatic heterocycles. The molecule has 0 fully saturated rings. The summed E-state index contributed by atoms with van der Waals surface area (Å²) in [6, 6.07) is 12.4. The molecule has 2 N–H and O–H groups in total. The molecule has 0 saturated heterocycles. The van der Waals surface area contributed by atoms with Gasteiger partial charge in [-0.2, -0.15) is 0 Å². The van der Waals surface area contributed by atoms with Gasteiger partial charge in [0.2, 0.25) is 0 Å². The number of halogens is 2. The molecule has 0 radical (unpaired) electrons. The highest BCUT2D eigenvalue weighted by molar-refractivity contribution is 6.32. The van der Waals surface area contributed by atoms with E-state index in [9.17, 15) is 4.39 Å². The third-order valence-corrected chi connectivity index (χ3v) is 3.73. The molecule has 2 aromatic carbocycles. The van der Waals surface area contributed by atoms with Crippen molar-refractivity contribution in [2.75, 3.05) is 13.2 Å². The summed E-state index contributed by atoms with van der Waals surface area (Å²) in [7, 11) is 0. The maximum atomic E-state index is 13.8. The van der Waals surface area contributed by atoms with E-state index in [2.05, 4.69) is 0 Å². The Bertz CT molecular complexity index is 603. The number of hydrogen-bond donors (Lipinski definition) is 1. The molecule has 0 aliphatic rings. The van der Waals surface area contributed by atoms with Crippen LogP contribution in [0.1, 0.15) is 24.0 Å². The lowest BCUT2D eigenvalue weighted by molar-refractivity contribution is 0.340. The summed E-state index contributed by atoms with van der Waals surface area (Å²) in [6.07, 6.45) is 0.549. The Hall–Kier alpha value is -1.58. The molecule has 4 heteroatoms. The van der Waals surface area contributed by atoms with Crippen molar-refractivity contribution in [3.8, 4) is 5.75 Å². The maximum Gasteiger partial charge on any atom is 0.137 e.